The van der Waals surface area contributed by atoms with Crippen LogP contribution >= 0.6 is 22.9 Å². The molecular weight excluding hydrogens is 464 g/mol. The lowest BCUT2D eigenvalue weighted by molar-refractivity contribution is 0.142. The number of ether oxygens (including phenoxy) is 1. The summed E-state index contributed by atoms with van der Waals surface area (Å²) in [6.45, 7) is 3.71. The second kappa shape index (κ2) is 8.62. The number of hydrogen-bond acceptors (Lipinski definition) is 8. The van der Waals surface area contributed by atoms with E-state index in [-0.39, 0.29) is 12.6 Å². The molecular formula is C22H21ClN6O3S. The van der Waals surface area contributed by atoms with E-state index in [9.17, 15) is 9.90 Å². The highest BCUT2D eigenvalue weighted by molar-refractivity contribution is 7.15. The fourth-order valence-corrected chi connectivity index (χ4v) is 4.74. The minimum absolute atomic E-state index is 0.0971. The monoisotopic (exact) mass is 484 g/mol. The van der Waals surface area contributed by atoms with E-state index in [1.165, 1.54) is 4.90 Å². The number of nitrogens with one attached hydrogen (secondary N) is 2. The van der Waals surface area contributed by atoms with Crippen molar-refractivity contribution < 1.29 is 14.6 Å². The fourth-order valence-electron chi connectivity index (χ4n) is 3.69. The molecule has 11 heteroatoms. The highest BCUT2D eigenvalue weighted by Gasteiger charge is 2.39. The number of carbonyl (C=O) groups excluding carboxylic acids is 1. The van der Waals surface area contributed by atoms with E-state index < -0.39 is 18.2 Å². The van der Waals surface area contributed by atoms with Crippen molar-refractivity contribution in [2.75, 3.05) is 16.8 Å². The summed E-state index contributed by atoms with van der Waals surface area (Å²) in [5.41, 5.74) is 1.57. The van der Waals surface area contributed by atoms with E-state index >= 15 is 0 Å². The number of carbonyl (C=O) groups is 1. The SMILES string of the molecule is C[C@H](Nc1nc(N2C(=O)OC[C@@H]2[C@@H](C)O)c2cc[nH]c2n1)c1cnc(-c2ccc(Cl)cc2)s1. The molecule has 0 saturated carbocycles. The van der Waals surface area contributed by atoms with Crippen LogP contribution in [-0.4, -0.2) is 49.9 Å². The number of halogens is 1. The molecule has 170 valence electrons. The van der Waals surface area contributed by atoms with Gasteiger partial charge in [0.2, 0.25) is 5.95 Å². The molecule has 0 aliphatic carbocycles. The van der Waals surface area contributed by atoms with Gasteiger partial charge in [-0.1, -0.05) is 23.7 Å². The second-order valence-corrected chi connectivity index (χ2v) is 9.31. The van der Waals surface area contributed by atoms with Crippen LogP contribution in [0.4, 0.5) is 16.6 Å². The van der Waals surface area contributed by atoms with Gasteiger partial charge in [-0.25, -0.2) is 9.78 Å². The van der Waals surface area contributed by atoms with Crippen molar-refractivity contribution >= 4 is 51.8 Å². The summed E-state index contributed by atoms with van der Waals surface area (Å²) in [5.74, 6) is 0.730. The zero-order chi connectivity index (χ0) is 23.1. The maximum atomic E-state index is 12.5. The molecule has 0 unspecified atom stereocenters. The summed E-state index contributed by atoms with van der Waals surface area (Å²) in [6.07, 6.45) is 2.23. The Morgan fingerprint density at radius 1 is 1.27 bits per heavy atom. The minimum Gasteiger partial charge on any atom is -0.447 e. The number of thiazole rings is 1. The molecule has 9 nitrogen and oxygen atoms in total. The average Bonchev–Trinajstić information content (AvgIpc) is 3.53. The molecule has 3 atom stereocenters. The number of nitrogens with zero attached hydrogens (tertiary/aromatic N) is 4. The predicted octanol–water partition coefficient (Wildman–Crippen LogP) is 4.61. The molecule has 1 aromatic carbocycles. The summed E-state index contributed by atoms with van der Waals surface area (Å²) in [7, 11) is 0. The van der Waals surface area contributed by atoms with E-state index in [0.29, 0.717) is 27.8 Å². The van der Waals surface area contributed by atoms with Gasteiger partial charge in [-0.2, -0.15) is 9.97 Å². The molecule has 0 bridgehead atoms. The van der Waals surface area contributed by atoms with Gasteiger partial charge < -0.3 is 20.1 Å². The van der Waals surface area contributed by atoms with Crippen LogP contribution in [0.25, 0.3) is 21.6 Å². The van der Waals surface area contributed by atoms with Crippen molar-refractivity contribution in [1.82, 2.24) is 19.9 Å². The van der Waals surface area contributed by atoms with Crippen molar-refractivity contribution in [3.63, 3.8) is 0 Å². The molecule has 1 fully saturated rings. The fraction of sp³-hybridized carbons (Fsp3) is 0.273. The largest absolute Gasteiger partial charge is 0.447 e. The van der Waals surface area contributed by atoms with Crippen LogP contribution in [0.5, 0.6) is 0 Å². The highest BCUT2D eigenvalue weighted by Crippen LogP contribution is 2.33. The smallest absolute Gasteiger partial charge is 0.416 e. The Balaban J connectivity index is 1.44. The van der Waals surface area contributed by atoms with Crippen molar-refractivity contribution in [3.05, 3.63) is 52.6 Å². The molecule has 33 heavy (non-hydrogen) atoms. The van der Waals surface area contributed by atoms with Gasteiger partial charge in [-0.3, -0.25) is 4.90 Å². The first-order chi connectivity index (χ1) is 15.9. The molecule has 1 aliphatic heterocycles. The standard InChI is InChI=1S/C22H21ClN6O3S/c1-11(17-9-25-20(33-17)13-3-5-14(23)6-4-13)26-21-27-18-15(7-8-24-18)19(28-21)29-16(12(2)30)10-32-22(29)31/h3-9,11-12,16,30H,10H2,1-2H3,(H2,24,26,27,28)/t11-,12+,16+/m0/s1. The zero-order valence-corrected chi connectivity index (χ0v) is 19.4. The lowest BCUT2D eigenvalue weighted by Gasteiger charge is -2.23. The van der Waals surface area contributed by atoms with Crippen molar-refractivity contribution in [2.24, 2.45) is 0 Å². The van der Waals surface area contributed by atoms with Crippen LogP contribution in [0.15, 0.2) is 42.7 Å². The first kappa shape index (κ1) is 21.6. The number of amides is 1. The lowest BCUT2D eigenvalue weighted by Crippen LogP contribution is -2.41. The minimum atomic E-state index is -0.778. The molecule has 4 heterocycles. The zero-order valence-electron chi connectivity index (χ0n) is 17.8. The van der Waals surface area contributed by atoms with Crippen molar-refractivity contribution in [3.8, 4) is 10.6 Å². The van der Waals surface area contributed by atoms with Gasteiger partial charge in [0, 0.05) is 27.9 Å². The number of H-pyrrole nitrogens is 1. The number of aromatic amines is 1. The molecule has 0 spiro atoms. The molecule has 4 aromatic rings. The second-order valence-electron chi connectivity index (χ2n) is 7.81. The third kappa shape index (κ3) is 4.12. The molecule has 3 N–H and O–H groups in total. The maximum absolute atomic E-state index is 12.5. The van der Waals surface area contributed by atoms with Gasteiger partial charge in [0.1, 0.15) is 23.3 Å². The Hall–Kier alpha value is -3.21. The number of cyclic esters (lactones) is 1. The summed E-state index contributed by atoms with van der Waals surface area (Å²) in [6, 6.07) is 8.68. The lowest BCUT2D eigenvalue weighted by atomic mass is 10.1. The number of anilines is 2. The predicted molar refractivity (Wildman–Crippen MR) is 128 cm³/mol. The summed E-state index contributed by atoms with van der Waals surface area (Å²) in [4.78, 5) is 31.6. The van der Waals surface area contributed by atoms with Crippen molar-refractivity contribution in [1.29, 1.82) is 0 Å². The van der Waals surface area contributed by atoms with Gasteiger partial charge in [0.05, 0.1) is 17.5 Å². The Morgan fingerprint density at radius 2 is 2.06 bits per heavy atom. The number of hydrogen-bond donors (Lipinski definition) is 3. The van der Waals surface area contributed by atoms with Crippen LogP contribution in [0, 0.1) is 0 Å². The Bertz CT molecular complexity index is 1310. The van der Waals surface area contributed by atoms with Gasteiger partial charge in [0.15, 0.2) is 5.82 Å². The first-order valence-corrected chi connectivity index (χ1v) is 11.6. The number of benzene rings is 1. The Labute approximate surface area is 198 Å². The molecule has 1 aliphatic rings. The van der Waals surface area contributed by atoms with Crippen LogP contribution in [0.2, 0.25) is 5.02 Å². The van der Waals surface area contributed by atoms with Crippen LogP contribution < -0.4 is 10.2 Å². The Kier molecular flexibility index (Phi) is 5.65. The molecule has 1 amide bonds. The van der Waals surface area contributed by atoms with Crippen LogP contribution in [0.1, 0.15) is 24.8 Å². The molecule has 5 rings (SSSR count). The maximum Gasteiger partial charge on any atom is 0.416 e. The topological polar surface area (TPSA) is 116 Å². The van der Waals surface area contributed by atoms with Crippen LogP contribution in [-0.2, 0) is 4.74 Å². The van der Waals surface area contributed by atoms with E-state index in [1.54, 1.807) is 30.5 Å². The summed E-state index contributed by atoms with van der Waals surface area (Å²) < 4.78 is 5.18. The average molecular weight is 485 g/mol. The van der Waals surface area contributed by atoms with E-state index in [4.69, 9.17) is 16.3 Å². The third-order valence-corrected chi connectivity index (χ3v) is 6.95. The molecule has 1 saturated heterocycles. The third-order valence-electron chi connectivity index (χ3n) is 5.47. The van der Waals surface area contributed by atoms with Gasteiger partial charge in [0.25, 0.3) is 0 Å². The summed E-state index contributed by atoms with van der Waals surface area (Å²) >= 11 is 7.54. The normalized spacial score (nSPS) is 17.9. The van der Waals surface area contributed by atoms with Gasteiger partial charge >= 0.3 is 6.09 Å². The highest BCUT2D eigenvalue weighted by atomic mass is 35.5. The van der Waals surface area contributed by atoms with E-state index in [2.05, 4.69) is 25.3 Å². The number of aliphatic hydroxyl groups excluding tert-OH is 1. The first-order valence-electron chi connectivity index (χ1n) is 10.4. The van der Waals surface area contributed by atoms with Crippen molar-refractivity contribution in [2.45, 2.75) is 32.0 Å². The van der Waals surface area contributed by atoms with Crippen LogP contribution in [0.3, 0.4) is 0 Å². The molecule has 3 aromatic heterocycles. The quantitative estimate of drug-likeness (QED) is 0.365. The molecule has 0 radical (unpaired) electrons. The van der Waals surface area contributed by atoms with Gasteiger partial charge in [-0.05, 0) is 32.0 Å². The van der Waals surface area contributed by atoms with E-state index in [1.807, 2.05) is 37.4 Å². The number of rotatable bonds is 6. The summed E-state index contributed by atoms with van der Waals surface area (Å²) in [5, 5.41) is 15.7. The Morgan fingerprint density at radius 3 is 2.82 bits per heavy atom. The number of aliphatic hydroxyl groups is 1. The number of fused-ring (bicyclic) bond motifs is 1. The number of aromatic nitrogens is 4. The van der Waals surface area contributed by atoms with E-state index in [0.717, 1.165) is 15.4 Å². The van der Waals surface area contributed by atoms with Gasteiger partial charge in [-0.15, -0.1) is 11.3 Å².